The lowest BCUT2D eigenvalue weighted by molar-refractivity contribution is -0.158. The minimum absolute atomic E-state index is 0.416. The van der Waals surface area contributed by atoms with Gasteiger partial charge >= 0.3 is 5.97 Å². The van der Waals surface area contributed by atoms with Crippen LogP contribution in [0, 0.1) is 29.3 Å². The molecule has 3 rings (SSSR count). The van der Waals surface area contributed by atoms with Gasteiger partial charge in [-0.2, -0.15) is 0 Å². The van der Waals surface area contributed by atoms with E-state index in [9.17, 15) is 32.3 Å². The molecule has 0 unspecified atom stereocenters. The fourth-order valence-electron chi connectivity index (χ4n) is 3.66. The van der Waals surface area contributed by atoms with Crippen molar-refractivity contribution in [1.29, 1.82) is 0 Å². The zero-order valence-electron chi connectivity index (χ0n) is 15.5. The SMILES string of the molecule is C[C@@H](OC(=O)CN1C(=O)[C@H]2CCCC[C@@H]2C1=O)C(=O)Nc1ccc(F)c(F)c1F. The molecular formula is C19H19F3N2O5. The quantitative estimate of drug-likeness (QED) is 0.455. The van der Waals surface area contributed by atoms with Crippen LogP contribution in [0.2, 0.25) is 0 Å². The van der Waals surface area contributed by atoms with Gasteiger partial charge in [0.25, 0.3) is 5.91 Å². The lowest BCUT2D eigenvalue weighted by atomic mass is 9.81. The third-order valence-corrected chi connectivity index (χ3v) is 5.19. The predicted octanol–water partition coefficient (Wildman–Crippen LogP) is 2.15. The first-order chi connectivity index (χ1) is 13.7. The van der Waals surface area contributed by atoms with Gasteiger partial charge in [0, 0.05) is 0 Å². The third kappa shape index (κ3) is 4.10. The number of nitrogens with one attached hydrogen (secondary N) is 1. The molecule has 1 N–H and O–H groups in total. The van der Waals surface area contributed by atoms with E-state index in [1.807, 2.05) is 5.32 Å². The van der Waals surface area contributed by atoms with Gasteiger partial charge in [-0.3, -0.25) is 24.1 Å². The summed E-state index contributed by atoms with van der Waals surface area (Å²) in [5, 5.41) is 1.99. The van der Waals surface area contributed by atoms with E-state index in [4.69, 9.17) is 4.74 Å². The topological polar surface area (TPSA) is 92.8 Å². The van der Waals surface area contributed by atoms with Gasteiger partial charge in [-0.15, -0.1) is 0 Å². The van der Waals surface area contributed by atoms with Crippen LogP contribution >= 0.6 is 0 Å². The summed E-state index contributed by atoms with van der Waals surface area (Å²) >= 11 is 0. The van der Waals surface area contributed by atoms with Crippen molar-refractivity contribution < 1.29 is 37.1 Å². The number of fused-ring (bicyclic) bond motifs is 1. The van der Waals surface area contributed by atoms with Gasteiger partial charge in [-0.05, 0) is 31.9 Å². The average Bonchev–Trinajstić information content (AvgIpc) is 2.93. The van der Waals surface area contributed by atoms with E-state index >= 15 is 0 Å². The molecule has 1 aliphatic heterocycles. The highest BCUT2D eigenvalue weighted by Gasteiger charge is 2.48. The smallest absolute Gasteiger partial charge is 0.326 e. The van der Waals surface area contributed by atoms with Gasteiger partial charge in [-0.1, -0.05) is 12.8 Å². The number of amides is 3. The van der Waals surface area contributed by atoms with Crippen LogP contribution in [0.1, 0.15) is 32.6 Å². The monoisotopic (exact) mass is 412 g/mol. The zero-order valence-corrected chi connectivity index (χ0v) is 15.5. The standard InChI is InChI=1S/C19H19F3N2O5/c1-9(17(26)23-13-7-6-12(20)15(21)16(13)22)29-14(25)8-24-18(27)10-4-2-3-5-11(10)19(24)28/h6-7,9-11H,2-5,8H2,1H3,(H,23,26)/t9-,10+,11+/m1/s1. The first kappa shape index (κ1) is 20.8. The Morgan fingerprint density at radius 2 is 1.69 bits per heavy atom. The van der Waals surface area contributed by atoms with Gasteiger partial charge in [0.15, 0.2) is 23.6 Å². The molecule has 2 fully saturated rings. The molecule has 2 aliphatic rings. The summed E-state index contributed by atoms with van der Waals surface area (Å²) in [6.07, 6.45) is 1.45. The summed E-state index contributed by atoms with van der Waals surface area (Å²) < 4.78 is 44.7. The molecule has 10 heteroatoms. The molecule has 1 aromatic carbocycles. The Kier molecular flexibility index (Phi) is 5.90. The van der Waals surface area contributed by atoms with Crippen molar-refractivity contribution in [2.45, 2.75) is 38.7 Å². The number of anilines is 1. The Labute approximate surface area is 164 Å². The molecule has 7 nitrogen and oxygen atoms in total. The number of halogens is 3. The number of likely N-dealkylation sites (tertiary alicyclic amines) is 1. The molecule has 1 saturated heterocycles. The summed E-state index contributed by atoms with van der Waals surface area (Å²) in [7, 11) is 0. The molecule has 1 saturated carbocycles. The van der Waals surface area contributed by atoms with Gasteiger partial charge in [0.05, 0.1) is 17.5 Å². The third-order valence-electron chi connectivity index (χ3n) is 5.19. The van der Waals surface area contributed by atoms with Crippen molar-refractivity contribution in [3.8, 4) is 0 Å². The van der Waals surface area contributed by atoms with Crippen molar-refractivity contribution in [3.63, 3.8) is 0 Å². The number of hydrogen-bond acceptors (Lipinski definition) is 5. The van der Waals surface area contributed by atoms with Crippen molar-refractivity contribution >= 4 is 29.4 Å². The lowest BCUT2D eigenvalue weighted by Gasteiger charge is -2.19. The molecule has 0 radical (unpaired) electrons. The normalized spacial score (nSPS) is 22.3. The van der Waals surface area contributed by atoms with E-state index in [0.717, 1.165) is 23.8 Å². The second kappa shape index (κ2) is 8.22. The van der Waals surface area contributed by atoms with Gasteiger partial charge in [0.1, 0.15) is 6.54 Å². The lowest BCUT2D eigenvalue weighted by Crippen LogP contribution is -2.39. The maximum atomic E-state index is 13.6. The van der Waals surface area contributed by atoms with Crippen LogP contribution in [0.3, 0.4) is 0 Å². The first-order valence-electron chi connectivity index (χ1n) is 9.19. The van der Waals surface area contributed by atoms with Crippen LogP contribution in [0.25, 0.3) is 0 Å². The van der Waals surface area contributed by atoms with Crippen molar-refractivity contribution in [2.75, 3.05) is 11.9 Å². The summed E-state index contributed by atoms with van der Waals surface area (Å²) in [4.78, 5) is 49.7. The molecule has 1 aliphatic carbocycles. The maximum Gasteiger partial charge on any atom is 0.326 e. The van der Waals surface area contributed by atoms with Crippen molar-refractivity contribution in [3.05, 3.63) is 29.6 Å². The van der Waals surface area contributed by atoms with Crippen molar-refractivity contribution in [2.24, 2.45) is 11.8 Å². The number of rotatable bonds is 5. The zero-order chi connectivity index (χ0) is 21.3. The second-order valence-electron chi connectivity index (χ2n) is 7.10. The minimum Gasteiger partial charge on any atom is -0.451 e. The molecule has 1 heterocycles. The number of benzene rings is 1. The van der Waals surface area contributed by atoms with E-state index in [0.29, 0.717) is 18.9 Å². The Balaban J connectivity index is 1.58. The number of carbonyl (C=O) groups excluding carboxylic acids is 4. The Hall–Kier alpha value is -2.91. The largest absolute Gasteiger partial charge is 0.451 e. The van der Waals surface area contributed by atoms with Crippen LogP contribution in [0.15, 0.2) is 12.1 Å². The first-order valence-corrected chi connectivity index (χ1v) is 9.19. The van der Waals surface area contributed by atoms with Gasteiger partial charge < -0.3 is 10.1 Å². The number of carbonyl (C=O) groups is 4. The number of ether oxygens (including phenoxy) is 1. The van der Waals surface area contributed by atoms with Crippen LogP contribution < -0.4 is 5.32 Å². The van der Waals surface area contributed by atoms with Crippen LogP contribution in [0.4, 0.5) is 18.9 Å². The Morgan fingerprint density at radius 1 is 1.10 bits per heavy atom. The predicted molar refractivity (Wildman–Crippen MR) is 92.7 cm³/mol. The Morgan fingerprint density at radius 3 is 2.28 bits per heavy atom. The highest BCUT2D eigenvalue weighted by Crippen LogP contribution is 2.37. The molecule has 3 amide bonds. The van der Waals surface area contributed by atoms with Crippen LogP contribution in [0.5, 0.6) is 0 Å². The van der Waals surface area contributed by atoms with E-state index in [1.165, 1.54) is 6.92 Å². The van der Waals surface area contributed by atoms with Crippen LogP contribution in [-0.2, 0) is 23.9 Å². The molecule has 3 atom stereocenters. The minimum atomic E-state index is -1.75. The second-order valence-corrected chi connectivity index (χ2v) is 7.10. The molecule has 0 bridgehead atoms. The molecule has 156 valence electrons. The number of esters is 1. The summed E-state index contributed by atoms with van der Waals surface area (Å²) in [5.74, 6) is -8.40. The highest BCUT2D eigenvalue weighted by atomic mass is 19.2. The summed E-state index contributed by atoms with van der Waals surface area (Å²) in [6.45, 7) is 0.556. The fraction of sp³-hybridized carbons (Fsp3) is 0.474. The molecule has 0 aromatic heterocycles. The fourth-order valence-corrected chi connectivity index (χ4v) is 3.66. The van der Waals surface area contributed by atoms with Gasteiger partial charge in [-0.25, -0.2) is 13.2 Å². The molecular weight excluding hydrogens is 393 g/mol. The summed E-state index contributed by atoms with van der Waals surface area (Å²) in [6, 6.07) is 1.46. The number of nitrogens with zero attached hydrogens (tertiary/aromatic N) is 1. The average molecular weight is 412 g/mol. The maximum absolute atomic E-state index is 13.6. The van der Waals surface area contributed by atoms with E-state index in [1.54, 1.807) is 0 Å². The highest BCUT2D eigenvalue weighted by molar-refractivity contribution is 6.07. The Bertz CT molecular complexity index is 852. The van der Waals surface area contributed by atoms with Crippen molar-refractivity contribution in [1.82, 2.24) is 4.90 Å². The van der Waals surface area contributed by atoms with E-state index in [-0.39, 0.29) is 0 Å². The van der Waals surface area contributed by atoms with Crippen LogP contribution in [-0.4, -0.2) is 41.2 Å². The number of hydrogen-bond donors (Lipinski definition) is 1. The molecule has 29 heavy (non-hydrogen) atoms. The van der Waals surface area contributed by atoms with Gasteiger partial charge in [0.2, 0.25) is 11.8 Å². The summed E-state index contributed by atoms with van der Waals surface area (Å²) in [5.41, 5.74) is -0.620. The van der Waals surface area contributed by atoms with E-state index in [2.05, 4.69) is 0 Å². The van der Waals surface area contributed by atoms with E-state index < -0.39 is 71.3 Å². The molecule has 0 spiro atoms. The number of imide groups is 1. The molecule has 1 aromatic rings.